The van der Waals surface area contributed by atoms with E-state index < -0.39 is 0 Å². The lowest BCUT2D eigenvalue weighted by Gasteiger charge is -2.25. The van der Waals surface area contributed by atoms with E-state index in [-0.39, 0.29) is 23.8 Å². The Balaban J connectivity index is 1.68. The lowest BCUT2D eigenvalue weighted by molar-refractivity contribution is -0.132. The van der Waals surface area contributed by atoms with Crippen LogP contribution >= 0.6 is 0 Å². The normalized spacial score (nSPS) is 23.0. The van der Waals surface area contributed by atoms with Crippen LogP contribution in [0, 0.1) is 5.92 Å². The standard InChI is InChI=1S/C15H26N2O4/c1-12(18)17(11-14-3-2-8-21-14)7-6-16-15(19)13-4-9-20-10-5-13/h13-14H,2-11H2,1H3,(H,16,19). The van der Waals surface area contributed by atoms with Crippen molar-refractivity contribution < 1.29 is 19.1 Å². The molecule has 2 rings (SSSR count). The van der Waals surface area contributed by atoms with Crippen LogP contribution in [0.5, 0.6) is 0 Å². The molecular weight excluding hydrogens is 272 g/mol. The van der Waals surface area contributed by atoms with Gasteiger partial charge in [-0.3, -0.25) is 9.59 Å². The Morgan fingerprint density at radius 2 is 1.95 bits per heavy atom. The third kappa shape index (κ3) is 5.28. The van der Waals surface area contributed by atoms with Crippen molar-refractivity contribution in [1.82, 2.24) is 10.2 Å². The average Bonchev–Trinajstić information content (AvgIpc) is 3.00. The molecule has 2 heterocycles. The molecule has 0 aromatic rings. The number of nitrogens with one attached hydrogen (secondary N) is 1. The van der Waals surface area contributed by atoms with E-state index in [0.29, 0.717) is 32.8 Å². The number of amides is 2. The van der Waals surface area contributed by atoms with Crippen molar-refractivity contribution in [3.8, 4) is 0 Å². The Morgan fingerprint density at radius 1 is 1.19 bits per heavy atom. The molecule has 1 atom stereocenters. The van der Waals surface area contributed by atoms with Gasteiger partial charge in [-0.05, 0) is 25.7 Å². The number of ether oxygens (including phenoxy) is 2. The van der Waals surface area contributed by atoms with Gasteiger partial charge < -0.3 is 19.7 Å². The van der Waals surface area contributed by atoms with E-state index in [1.807, 2.05) is 0 Å². The van der Waals surface area contributed by atoms with Gasteiger partial charge >= 0.3 is 0 Å². The summed E-state index contributed by atoms with van der Waals surface area (Å²) in [4.78, 5) is 25.4. The molecular formula is C15H26N2O4. The Kier molecular flexibility index (Phi) is 6.45. The van der Waals surface area contributed by atoms with Gasteiger partial charge in [0.2, 0.25) is 11.8 Å². The van der Waals surface area contributed by atoms with Crippen LogP contribution in [0.2, 0.25) is 0 Å². The number of nitrogens with zero attached hydrogens (tertiary/aromatic N) is 1. The fourth-order valence-corrected chi connectivity index (χ4v) is 2.83. The molecule has 120 valence electrons. The van der Waals surface area contributed by atoms with E-state index in [1.165, 1.54) is 0 Å². The van der Waals surface area contributed by atoms with E-state index in [2.05, 4.69) is 5.32 Å². The summed E-state index contributed by atoms with van der Waals surface area (Å²) in [5, 5.41) is 2.93. The Labute approximate surface area is 126 Å². The fraction of sp³-hybridized carbons (Fsp3) is 0.867. The summed E-state index contributed by atoms with van der Waals surface area (Å²) in [5.41, 5.74) is 0. The number of carbonyl (C=O) groups is 2. The summed E-state index contributed by atoms with van der Waals surface area (Å²) in [5.74, 6) is 0.174. The zero-order valence-electron chi connectivity index (χ0n) is 12.8. The van der Waals surface area contributed by atoms with Crippen molar-refractivity contribution in [3.05, 3.63) is 0 Å². The summed E-state index contributed by atoms with van der Waals surface area (Å²) in [7, 11) is 0. The van der Waals surface area contributed by atoms with Gasteiger partial charge in [0.25, 0.3) is 0 Å². The Hall–Kier alpha value is -1.14. The Morgan fingerprint density at radius 3 is 2.57 bits per heavy atom. The molecule has 6 heteroatoms. The van der Waals surface area contributed by atoms with Gasteiger partial charge in [-0.1, -0.05) is 0 Å². The van der Waals surface area contributed by atoms with Gasteiger partial charge in [-0.25, -0.2) is 0 Å². The maximum Gasteiger partial charge on any atom is 0.223 e. The van der Waals surface area contributed by atoms with Crippen LogP contribution in [0.25, 0.3) is 0 Å². The summed E-state index contributed by atoms with van der Waals surface area (Å²) < 4.78 is 10.8. The van der Waals surface area contributed by atoms with Crippen LogP contribution in [0.15, 0.2) is 0 Å². The molecule has 6 nitrogen and oxygen atoms in total. The van der Waals surface area contributed by atoms with Crippen LogP contribution in [0.1, 0.15) is 32.6 Å². The van der Waals surface area contributed by atoms with Crippen molar-refractivity contribution >= 4 is 11.8 Å². The van der Waals surface area contributed by atoms with Crippen molar-refractivity contribution in [3.63, 3.8) is 0 Å². The summed E-state index contributed by atoms with van der Waals surface area (Å²) >= 11 is 0. The first kappa shape index (κ1) is 16.2. The maximum atomic E-state index is 12.0. The van der Waals surface area contributed by atoms with Gasteiger partial charge in [0.15, 0.2) is 0 Å². The van der Waals surface area contributed by atoms with Gasteiger partial charge in [0.05, 0.1) is 6.10 Å². The van der Waals surface area contributed by atoms with Crippen LogP contribution in [-0.2, 0) is 19.1 Å². The lowest BCUT2D eigenvalue weighted by atomic mass is 9.99. The predicted molar refractivity (Wildman–Crippen MR) is 77.8 cm³/mol. The van der Waals surface area contributed by atoms with Crippen LogP contribution in [-0.4, -0.2) is 62.3 Å². The molecule has 0 radical (unpaired) electrons. The fourth-order valence-electron chi connectivity index (χ4n) is 2.83. The van der Waals surface area contributed by atoms with Gasteiger partial charge in [-0.2, -0.15) is 0 Å². The van der Waals surface area contributed by atoms with E-state index >= 15 is 0 Å². The molecule has 2 aliphatic heterocycles. The van der Waals surface area contributed by atoms with Crippen LogP contribution in [0.3, 0.4) is 0 Å². The molecule has 0 aromatic heterocycles. The lowest BCUT2D eigenvalue weighted by Crippen LogP contribution is -2.43. The first-order valence-electron chi connectivity index (χ1n) is 7.89. The van der Waals surface area contributed by atoms with Gasteiger partial charge in [0, 0.05) is 52.3 Å². The zero-order chi connectivity index (χ0) is 15.1. The summed E-state index contributed by atoms with van der Waals surface area (Å²) in [6.07, 6.45) is 3.81. The van der Waals surface area contributed by atoms with Crippen molar-refractivity contribution in [2.75, 3.05) is 39.5 Å². The molecule has 1 N–H and O–H groups in total. The third-order valence-electron chi connectivity index (χ3n) is 4.17. The second kappa shape index (κ2) is 8.34. The second-order valence-electron chi connectivity index (χ2n) is 5.78. The van der Waals surface area contributed by atoms with Gasteiger partial charge in [-0.15, -0.1) is 0 Å². The molecule has 0 bridgehead atoms. The number of rotatable bonds is 6. The molecule has 1 unspecified atom stereocenters. The zero-order valence-corrected chi connectivity index (χ0v) is 12.8. The SMILES string of the molecule is CC(=O)N(CCNC(=O)C1CCOCC1)CC1CCCO1. The van der Waals surface area contributed by atoms with Gasteiger partial charge in [0.1, 0.15) is 0 Å². The monoisotopic (exact) mass is 298 g/mol. The molecule has 0 aromatic carbocycles. The van der Waals surface area contributed by atoms with Crippen molar-refractivity contribution in [2.45, 2.75) is 38.7 Å². The highest BCUT2D eigenvalue weighted by molar-refractivity contribution is 5.78. The second-order valence-corrected chi connectivity index (χ2v) is 5.78. The minimum atomic E-state index is 0.0332. The first-order chi connectivity index (χ1) is 10.2. The molecule has 2 amide bonds. The molecule has 2 fully saturated rings. The third-order valence-corrected chi connectivity index (χ3v) is 4.17. The quantitative estimate of drug-likeness (QED) is 0.778. The van der Waals surface area contributed by atoms with E-state index in [9.17, 15) is 9.59 Å². The topological polar surface area (TPSA) is 67.9 Å². The van der Waals surface area contributed by atoms with E-state index in [1.54, 1.807) is 11.8 Å². The molecule has 0 saturated carbocycles. The minimum Gasteiger partial charge on any atom is -0.381 e. The highest BCUT2D eigenvalue weighted by Gasteiger charge is 2.23. The Bertz CT molecular complexity index is 350. The first-order valence-corrected chi connectivity index (χ1v) is 7.89. The number of hydrogen-bond donors (Lipinski definition) is 1. The smallest absolute Gasteiger partial charge is 0.223 e. The van der Waals surface area contributed by atoms with Crippen molar-refractivity contribution in [1.29, 1.82) is 0 Å². The molecule has 2 aliphatic rings. The molecule has 2 saturated heterocycles. The maximum absolute atomic E-state index is 12.0. The average molecular weight is 298 g/mol. The molecule has 0 aliphatic carbocycles. The molecule has 21 heavy (non-hydrogen) atoms. The van der Waals surface area contributed by atoms with E-state index in [4.69, 9.17) is 9.47 Å². The summed E-state index contributed by atoms with van der Waals surface area (Å²) in [6, 6.07) is 0. The highest BCUT2D eigenvalue weighted by Crippen LogP contribution is 2.15. The van der Waals surface area contributed by atoms with Crippen LogP contribution in [0.4, 0.5) is 0 Å². The molecule has 0 spiro atoms. The summed E-state index contributed by atoms with van der Waals surface area (Å²) in [6.45, 7) is 5.36. The minimum absolute atomic E-state index is 0.0332. The highest BCUT2D eigenvalue weighted by atomic mass is 16.5. The van der Waals surface area contributed by atoms with E-state index in [0.717, 1.165) is 32.3 Å². The van der Waals surface area contributed by atoms with Crippen molar-refractivity contribution in [2.24, 2.45) is 5.92 Å². The largest absolute Gasteiger partial charge is 0.381 e. The predicted octanol–water partition coefficient (Wildman–Crippen LogP) is 0.557. The number of carbonyl (C=O) groups excluding carboxylic acids is 2. The number of hydrogen-bond acceptors (Lipinski definition) is 4. The van der Waals surface area contributed by atoms with Crippen LogP contribution < -0.4 is 5.32 Å².